The number of amides is 4. The highest BCUT2D eigenvalue weighted by molar-refractivity contribution is 5.87. The number of hydrogen-bond acceptors (Lipinski definition) is 8. The van der Waals surface area contributed by atoms with E-state index in [1.54, 1.807) is 0 Å². The van der Waals surface area contributed by atoms with Crippen LogP contribution in [0.5, 0.6) is 0 Å². The van der Waals surface area contributed by atoms with Gasteiger partial charge >= 0.3 is 12.2 Å². The molecule has 3 aliphatic rings. The van der Waals surface area contributed by atoms with Crippen LogP contribution in [0, 0.1) is 11.8 Å². The zero-order valence-electron chi connectivity index (χ0n) is 32.3. The van der Waals surface area contributed by atoms with Gasteiger partial charge in [-0.05, 0) is 89.5 Å². The molecular weight excluding hydrogens is 701 g/mol. The molecule has 55 heavy (non-hydrogen) atoms. The third kappa shape index (κ3) is 7.41. The Balaban J connectivity index is 1.05. The van der Waals surface area contributed by atoms with Crippen molar-refractivity contribution in [3.63, 3.8) is 0 Å². The zero-order chi connectivity index (χ0) is 39.0. The molecular formula is C41H50N8O6. The number of benzene rings is 2. The topological polar surface area (TPSA) is 175 Å². The summed E-state index contributed by atoms with van der Waals surface area (Å²) < 4.78 is 9.54. The lowest BCUT2D eigenvalue weighted by molar-refractivity contribution is -0.136. The molecule has 4 amide bonds. The summed E-state index contributed by atoms with van der Waals surface area (Å²) in [5.41, 5.74) is 8.63. The van der Waals surface area contributed by atoms with Crippen LogP contribution in [0.4, 0.5) is 9.59 Å². The summed E-state index contributed by atoms with van der Waals surface area (Å²) in [6.07, 6.45) is 6.46. The number of rotatable bonds is 10. The number of H-pyrrole nitrogens is 2. The minimum absolute atomic E-state index is 0.106. The van der Waals surface area contributed by atoms with Crippen LogP contribution >= 0.6 is 0 Å². The summed E-state index contributed by atoms with van der Waals surface area (Å²) in [7, 11) is 2.59. The Morgan fingerprint density at radius 2 is 1.11 bits per heavy atom. The van der Waals surface area contributed by atoms with Crippen molar-refractivity contribution < 1.29 is 28.7 Å². The number of ether oxygens (including phenoxy) is 2. The van der Waals surface area contributed by atoms with E-state index in [9.17, 15) is 19.2 Å². The van der Waals surface area contributed by atoms with Gasteiger partial charge in [0.1, 0.15) is 23.7 Å². The van der Waals surface area contributed by atoms with E-state index in [0.717, 1.165) is 66.3 Å². The fourth-order valence-electron chi connectivity index (χ4n) is 8.24. The molecule has 7 rings (SSSR count). The number of nitrogens with zero attached hydrogens (tertiary/aromatic N) is 4. The number of aromatic nitrogens is 4. The molecule has 2 fully saturated rings. The monoisotopic (exact) mass is 750 g/mol. The molecule has 0 saturated carbocycles. The number of imidazole rings is 2. The predicted molar refractivity (Wildman–Crippen MR) is 206 cm³/mol. The zero-order valence-corrected chi connectivity index (χ0v) is 32.3. The van der Waals surface area contributed by atoms with Crippen LogP contribution in [0.3, 0.4) is 0 Å². The molecule has 4 aromatic rings. The predicted octanol–water partition coefficient (Wildman–Crippen LogP) is 6.13. The fourth-order valence-corrected chi connectivity index (χ4v) is 8.24. The highest BCUT2D eigenvalue weighted by Gasteiger charge is 2.39. The van der Waals surface area contributed by atoms with E-state index in [4.69, 9.17) is 19.4 Å². The first kappa shape index (κ1) is 37.6. The number of fused-ring (bicyclic) bond motifs is 3. The molecule has 1 unspecified atom stereocenters. The van der Waals surface area contributed by atoms with E-state index in [-0.39, 0.29) is 35.7 Å². The van der Waals surface area contributed by atoms with Gasteiger partial charge in [-0.1, -0.05) is 52.0 Å². The number of aromatic amines is 2. The molecule has 0 spiro atoms. The third-order valence-corrected chi connectivity index (χ3v) is 11.2. The van der Waals surface area contributed by atoms with E-state index >= 15 is 0 Å². The lowest BCUT2D eigenvalue weighted by Gasteiger charge is -2.30. The molecule has 1 aliphatic carbocycles. The quantitative estimate of drug-likeness (QED) is 0.132. The van der Waals surface area contributed by atoms with Gasteiger partial charge in [0.25, 0.3) is 0 Å². The second-order valence-corrected chi connectivity index (χ2v) is 15.4. The first-order chi connectivity index (χ1) is 26.5. The van der Waals surface area contributed by atoms with Gasteiger partial charge in [-0.3, -0.25) is 9.59 Å². The van der Waals surface area contributed by atoms with Crippen LogP contribution in [0.2, 0.25) is 0 Å². The molecule has 4 atom stereocenters. The van der Waals surface area contributed by atoms with Gasteiger partial charge < -0.3 is 39.9 Å². The number of hydrogen-bond donors (Lipinski definition) is 4. The summed E-state index contributed by atoms with van der Waals surface area (Å²) in [6.45, 7) is 8.81. The molecule has 4 N–H and O–H groups in total. The summed E-state index contributed by atoms with van der Waals surface area (Å²) in [6, 6.07) is 11.1. The van der Waals surface area contributed by atoms with Gasteiger partial charge in [0.15, 0.2) is 0 Å². The highest BCUT2D eigenvalue weighted by atomic mass is 16.5. The normalized spacial score (nSPS) is 18.6. The summed E-state index contributed by atoms with van der Waals surface area (Å²) in [5, 5.41) is 5.41. The van der Waals surface area contributed by atoms with Gasteiger partial charge in [-0.15, -0.1) is 0 Å². The van der Waals surface area contributed by atoms with Crippen molar-refractivity contribution in [2.24, 2.45) is 11.8 Å². The molecule has 0 bridgehead atoms. The molecule has 2 aromatic carbocycles. The fraction of sp³-hybridized carbons (Fsp3) is 0.463. The first-order valence-corrected chi connectivity index (χ1v) is 19.1. The third-order valence-electron chi connectivity index (χ3n) is 11.2. The van der Waals surface area contributed by atoms with Crippen molar-refractivity contribution in [3.8, 4) is 33.6 Å². The number of methoxy groups -OCH3 is 2. The minimum Gasteiger partial charge on any atom is -0.453 e. The summed E-state index contributed by atoms with van der Waals surface area (Å²) in [5.74, 6) is 0.980. The van der Waals surface area contributed by atoms with Gasteiger partial charge in [0.2, 0.25) is 11.8 Å². The average molecular weight is 751 g/mol. The van der Waals surface area contributed by atoms with E-state index < -0.39 is 24.3 Å². The number of likely N-dealkylation sites (tertiary alicyclic amines) is 2. The summed E-state index contributed by atoms with van der Waals surface area (Å²) in [4.78, 5) is 71.3. The number of carbonyl (C=O) groups excluding carboxylic acids is 4. The van der Waals surface area contributed by atoms with Crippen LogP contribution in [-0.2, 0) is 25.5 Å². The Kier molecular flexibility index (Phi) is 10.7. The lowest BCUT2D eigenvalue weighted by atomic mass is 10.0. The average Bonchev–Trinajstić information content (AvgIpc) is 4.02. The molecule has 14 nitrogen and oxygen atoms in total. The largest absolute Gasteiger partial charge is 0.453 e. The second kappa shape index (κ2) is 15.6. The Morgan fingerprint density at radius 3 is 1.49 bits per heavy atom. The highest BCUT2D eigenvalue weighted by Crippen LogP contribution is 2.41. The van der Waals surface area contributed by atoms with Crippen LogP contribution in [-0.4, -0.2) is 93.1 Å². The van der Waals surface area contributed by atoms with Gasteiger partial charge in [0.05, 0.1) is 50.1 Å². The summed E-state index contributed by atoms with van der Waals surface area (Å²) >= 11 is 0. The molecule has 2 aliphatic heterocycles. The van der Waals surface area contributed by atoms with E-state index in [1.807, 2.05) is 49.9 Å². The number of alkyl carbamates (subject to hydrolysis) is 2. The van der Waals surface area contributed by atoms with Crippen molar-refractivity contribution in [1.82, 2.24) is 40.4 Å². The van der Waals surface area contributed by atoms with Crippen molar-refractivity contribution >= 4 is 24.0 Å². The van der Waals surface area contributed by atoms with Crippen molar-refractivity contribution in [1.29, 1.82) is 0 Å². The maximum atomic E-state index is 13.6. The molecule has 2 saturated heterocycles. The Bertz CT molecular complexity index is 1940. The SMILES string of the molecule is COC(=O)NC(C(=O)N1CCC[C@H]1c1ncc(-c2ccc3c(c2)Cc2cc(-c4cnc([C@@H]5CCCN5C(=O)[C@@H](NC(=O)OC)C(C)C)[nH]4)ccc2-3)[nH]1)C(C)C. The lowest BCUT2D eigenvalue weighted by Crippen LogP contribution is -2.51. The van der Waals surface area contributed by atoms with Gasteiger partial charge in [-0.25, -0.2) is 19.6 Å². The molecule has 14 heteroatoms. The molecule has 290 valence electrons. The Hall–Kier alpha value is -5.66. The van der Waals surface area contributed by atoms with Gasteiger partial charge in [0, 0.05) is 13.1 Å². The standard InChI is InChI=1S/C41H50N8O6/c1-22(2)34(46-40(52)54-5)38(50)48-15-7-9-32(48)36-42-20-30(44-36)24-11-13-28-26(17-24)19-27-18-25(12-14-29(27)28)31-21-43-37(45-31)33-10-8-16-49(33)39(51)35(23(3)4)47-41(53)55-6/h11-14,17-18,20-23,32-35H,7-10,15-16,19H2,1-6H3,(H,42,44)(H,43,45)(H,46,52)(H,47,53)/t32-,33-,34-,35?/m0/s1. The molecule has 4 heterocycles. The van der Waals surface area contributed by atoms with Crippen LogP contribution in [0.15, 0.2) is 48.8 Å². The van der Waals surface area contributed by atoms with Crippen molar-refractivity contribution in [2.75, 3.05) is 27.3 Å². The maximum absolute atomic E-state index is 13.6. The number of nitrogens with one attached hydrogen (secondary N) is 4. The Morgan fingerprint density at radius 1 is 0.691 bits per heavy atom. The van der Waals surface area contributed by atoms with Crippen LogP contribution < -0.4 is 10.6 Å². The van der Waals surface area contributed by atoms with Crippen molar-refractivity contribution in [3.05, 3.63) is 71.6 Å². The molecule has 0 radical (unpaired) electrons. The van der Waals surface area contributed by atoms with Crippen molar-refractivity contribution in [2.45, 2.75) is 84.0 Å². The second-order valence-electron chi connectivity index (χ2n) is 15.4. The van der Waals surface area contributed by atoms with E-state index in [0.29, 0.717) is 13.1 Å². The van der Waals surface area contributed by atoms with E-state index in [2.05, 4.69) is 57.0 Å². The Labute approximate surface area is 320 Å². The maximum Gasteiger partial charge on any atom is 0.407 e. The minimum atomic E-state index is -0.689. The number of carbonyl (C=O) groups is 4. The van der Waals surface area contributed by atoms with Crippen LogP contribution in [0.1, 0.15) is 88.2 Å². The van der Waals surface area contributed by atoms with Gasteiger partial charge in [-0.2, -0.15) is 0 Å². The molecule has 2 aromatic heterocycles. The van der Waals surface area contributed by atoms with E-state index in [1.165, 1.54) is 36.5 Å². The first-order valence-electron chi connectivity index (χ1n) is 19.1. The van der Waals surface area contributed by atoms with Crippen LogP contribution in [0.25, 0.3) is 33.6 Å². The smallest absolute Gasteiger partial charge is 0.407 e.